The van der Waals surface area contributed by atoms with Gasteiger partial charge in [0.05, 0.1) is 6.26 Å². The van der Waals surface area contributed by atoms with Crippen LogP contribution in [0.15, 0.2) is 12.3 Å². The highest BCUT2D eigenvalue weighted by Gasteiger charge is 2.48. The average molecular weight is 312 g/mol. The molecule has 126 valence electrons. The van der Waals surface area contributed by atoms with Gasteiger partial charge in [-0.15, -0.1) is 0 Å². The monoisotopic (exact) mass is 312 g/mol. The van der Waals surface area contributed by atoms with E-state index in [1.807, 2.05) is 0 Å². The molecule has 0 aromatic rings. The van der Waals surface area contributed by atoms with Crippen LogP contribution in [0.4, 0.5) is 0 Å². The first-order valence-corrected chi connectivity index (χ1v) is 8.09. The zero-order valence-corrected chi connectivity index (χ0v) is 14.1. The normalized spacial score (nSPS) is 27.1. The number of ether oxygens (including phenoxy) is 3. The summed E-state index contributed by atoms with van der Waals surface area (Å²) >= 11 is 0. The minimum absolute atomic E-state index is 0.313. The zero-order valence-electron chi connectivity index (χ0n) is 14.1. The van der Waals surface area contributed by atoms with Crippen molar-refractivity contribution in [3.63, 3.8) is 0 Å². The first-order valence-electron chi connectivity index (χ1n) is 8.09. The molecule has 22 heavy (non-hydrogen) atoms. The van der Waals surface area contributed by atoms with Crippen molar-refractivity contribution in [2.24, 2.45) is 0 Å². The van der Waals surface area contributed by atoms with E-state index in [1.165, 1.54) is 39.4 Å². The van der Waals surface area contributed by atoms with Crippen molar-refractivity contribution >= 4 is 11.9 Å². The maximum atomic E-state index is 11.5. The van der Waals surface area contributed by atoms with E-state index in [1.54, 1.807) is 13.0 Å². The zero-order chi connectivity index (χ0) is 16.6. The van der Waals surface area contributed by atoms with Crippen LogP contribution in [0.5, 0.6) is 0 Å². The first-order chi connectivity index (χ1) is 10.4. The van der Waals surface area contributed by atoms with Crippen LogP contribution in [-0.2, 0) is 23.8 Å². The Morgan fingerprint density at radius 3 is 2.41 bits per heavy atom. The molecular weight excluding hydrogens is 284 g/mol. The highest BCUT2D eigenvalue weighted by molar-refractivity contribution is 5.68. The quantitative estimate of drug-likeness (QED) is 0.507. The fraction of sp³-hybridized carbons (Fsp3) is 0.765. The van der Waals surface area contributed by atoms with Crippen LogP contribution >= 0.6 is 0 Å². The van der Waals surface area contributed by atoms with Crippen LogP contribution in [0.3, 0.4) is 0 Å². The molecule has 0 aliphatic carbocycles. The number of carbonyl (C=O) groups is 2. The van der Waals surface area contributed by atoms with E-state index in [0.717, 1.165) is 19.3 Å². The van der Waals surface area contributed by atoms with Gasteiger partial charge in [0.15, 0.2) is 11.7 Å². The van der Waals surface area contributed by atoms with Gasteiger partial charge >= 0.3 is 11.9 Å². The lowest BCUT2D eigenvalue weighted by atomic mass is 9.86. The lowest BCUT2D eigenvalue weighted by molar-refractivity contribution is -0.199. The summed E-state index contributed by atoms with van der Waals surface area (Å²) in [7, 11) is 0. The summed E-state index contributed by atoms with van der Waals surface area (Å²) in [4.78, 5) is 22.8. The van der Waals surface area contributed by atoms with Crippen molar-refractivity contribution in [1.82, 2.24) is 0 Å². The summed E-state index contributed by atoms with van der Waals surface area (Å²) in [5, 5.41) is 0. The molecule has 5 heteroatoms. The molecule has 0 fully saturated rings. The summed E-state index contributed by atoms with van der Waals surface area (Å²) in [5.74, 6) is -0.814. The molecule has 0 aromatic carbocycles. The van der Waals surface area contributed by atoms with Crippen molar-refractivity contribution in [1.29, 1.82) is 0 Å². The van der Waals surface area contributed by atoms with Crippen LogP contribution in [0, 0.1) is 0 Å². The standard InChI is InChI=1S/C17H28O5/c1-5-6-7-8-9-10-15-17(4,22-14(3)19)16(11-12-20-15)21-13(2)18/h11-12,15-16H,5-10H2,1-4H3/t15-,16-,17-/m1/s1. The molecular formula is C17H28O5. The van der Waals surface area contributed by atoms with E-state index in [2.05, 4.69) is 6.92 Å². The van der Waals surface area contributed by atoms with Crippen LogP contribution in [0.25, 0.3) is 0 Å². The minimum Gasteiger partial charge on any atom is -0.494 e. The van der Waals surface area contributed by atoms with Gasteiger partial charge in [-0.3, -0.25) is 9.59 Å². The SMILES string of the molecule is CCCCCCC[C@H]1OC=C[C@@H](OC(C)=O)[C@]1(C)OC(C)=O. The number of esters is 2. The maximum absolute atomic E-state index is 11.5. The Morgan fingerprint density at radius 2 is 1.82 bits per heavy atom. The molecule has 3 atom stereocenters. The van der Waals surface area contributed by atoms with Crippen molar-refractivity contribution in [2.45, 2.75) is 84.0 Å². The van der Waals surface area contributed by atoms with Gasteiger partial charge in [0, 0.05) is 13.8 Å². The fourth-order valence-electron chi connectivity index (χ4n) is 2.78. The number of hydrogen-bond acceptors (Lipinski definition) is 5. The number of rotatable bonds is 8. The number of unbranched alkanes of at least 4 members (excludes halogenated alkanes) is 4. The lowest BCUT2D eigenvalue weighted by Gasteiger charge is -2.42. The van der Waals surface area contributed by atoms with Crippen LogP contribution in [-0.4, -0.2) is 29.7 Å². The summed E-state index contributed by atoms with van der Waals surface area (Å²) in [6.45, 7) is 6.64. The van der Waals surface area contributed by atoms with Crippen molar-refractivity contribution in [2.75, 3.05) is 0 Å². The molecule has 1 rings (SSSR count). The van der Waals surface area contributed by atoms with Crippen LogP contribution < -0.4 is 0 Å². The molecule has 0 spiro atoms. The molecule has 0 bridgehead atoms. The molecule has 0 saturated carbocycles. The highest BCUT2D eigenvalue weighted by Crippen LogP contribution is 2.33. The second kappa shape index (κ2) is 8.81. The summed E-state index contributed by atoms with van der Waals surface area (Å²) in [6.07, 6.45) is 8.70. The van der Waals surface area contributed by atoms with Crippen molar-refractivity contribution < 1.29 is 23.8 Å². The van der Waals surface area contributed by atoms with E-state index in [-0.39, 0.29) is 6.10 Å². The molecule has 1 heterocycles. The summed E-state index contributed by atoms with van der Waals surface area (Å²) in [6, 6.07) is 0. The Labute approximate surface area is 133 Å². The van der Waals surface area contributed by atoms with E-state index in [0.29, 0.717) is 0 Å². The van der Waals surface area contributed by atoms with E-state index < -0.39 is 23.6 Å². The third-order valence-electron chi connectivity index (χ3n) is 3.93. The largest absolute Gasteiger partial charge is 0.494 e. The third kappa shape index (κ3) is 5.35. The van der Waals surface area contributed by atoms with Crippen LogP contribution in [0.2, 0.25) is 0 Å². The fourth-order valence-corrected chi connectivity index (χ4v) is 2.78. The second-order valence-corrected chi connectivity index (χ2v) is 5.96. The molecule has 0 N–H and O–H groups in total. The van der Waals surface area contributed by atoms with Gasteiger partial charge in [0.1, 0.15) is 6.10 Å². The molecule has 0 saturated heterocycles. The van der Waals surface area contributed by atoms with Crippen molar-refractivity contribution in [3.05, 3.63) is 12.3 Å². The van der Waals surface area contributed by atoms with Gasteiger partial charge in [-0.1, -0.05) is 32.6 Å². The van der Waals surface area contributed by atoms with E-state index >= 15 is 0 Å². The highest BCUT2D eigenvalue weighted by atomic mass is 16.6. The summed E-state index contributed by atoms with van der Waals surface area (Å²) < 4.78 is 16.5. The Hall–Kier alpha value is -1.52. The van der Waals surface area contributed by atoms with E-state index in [4.69, 9.17) is 14.2 Å². The molecule has 1 aliphatic heterocycles. The average Bonchev–Trinajstić information content (AvgIpc) is 2.41. The third-order valence-corrected chi connectivity index (χ3v) is 3.93. The lowest BCUT2D eigenvalue weighted by Crippen LogP contribution is -2.55. The number of carbonyl (C=O) groups excluding carboxylic acids is 2. The number of hydrogen-bond donors (Lipinski definition) is 0. The van der Waals surface area contributed by atoms with Gasteiger partial charge in [-0.05, 0) is 25.8 Å². The molecule has 0 radical (unpaired) electrons. The molecule has 5 nitrogen and oxygen atoms in total. The second-order valence-electron chi connectivity index (χ2n) is 5.96. The van der Waals surface area contributed by atoms with Crippen molar-refractivity contribution in [3.8, 4) is 0 Å². The van der Waals surface area contributed by atoms with Crippen LogP contribution in [0.1, 0.15) is 66.2 Å². The molecule has 1 aliphatic rings. The van der Waals surface area contributed by atoms with Gasteiger partial charge in [-0.2, -0.15) is 0 Å². The molecule has 0 unspecified atom stereocenters. The van der Waals surface area contributed by atoms with Gasteiger partial charge < -0.3 is 14.2 Å². The molecule has 0 aromatic heterocycles. The Kier molecular flexibility index (Phi) is 7.42. The summed E-state index contributed by atoms with van der Waals surface area (Å²) in [5.41, 5.74) is -0.989. The Morgan fingerprint density at radius 1 is 1.14 bits per heavy atom. The smallest absolute Gasteiger partial charge is 0.303 e. The maximum Gasteiger partial charge on any atom is 0.303 e. The topological polar surface area (TPSA) is 61.8 Å². The predicted octanol–water partition coefficient (Wildman–Crippen LogP) is 3.51. The predicted molar refractivity (Wildman–Crippen MR) is 83.1 cm³/mol. The molecule has 0 amide bonds. The van der Waals surface area contributed by atoms with Gasteiger partial charge in [-0.25, -0.2) is 0 Å². The van der Waals surface area contributed by atoms with Gasteiger partial charge in [0.25, 0.3) is 0 Å². The first kappa shape index (κ1) is 18.5. The Balaban J connectivity index is 2.73. The van der Waals surface area contributed by atoms with E-state index in [9.17, 15) is 9.59 Å². The minimum atomic E-state index is -0.989. The Bertz CT molecular complexity index is 404. The van der Waals surface area contributed by atoms with Gasteiger partial charge in [0.2, 0.25) is 0 Å².